The molecule has 1 aliphatic rings. The van der Waals surface area contributed by atoms with Crippen molar-refractivity contribution < 1.29 is 13.2 Å². The van der Waals surface area contributed by atoms with Gasteiger partial charge >= 0.3 is 0 Å². The fourth-order valence-electron chi connectivity index (χ4n) is 3.08. The number of piperidine rings is 1. The lowest BCUT2D eigenvalue weighted by Gasteiger charge is -2.31. The number of hydrogen-bond acceptors (Lipinski definition) is 5. The van der Waals surface area contributed by atoms with E-state index in [-0.39, 0.29) is 16.7 Å². The quantitative estimate of drug-likeness (QED) is 0.827. The van der Waals surface area contributed by atoms with Crippen molar-refractivity contribution in [2.24, 2.45) is 11.1 Å². The number of hydrogen-bond donors (Lipinski definition) is 2. The van der Waals surface area contributed by atoms with Crippen molar-refractivity contribution in [3.63, 3.8) is 0 Å². The fourth-order valence-corrected chi connectivity index (χ4v) is 3.59. The van der Waals surface area contributed by atoms with Gasteiger partial charge < -0.3 is 5.32 Å². The number of nitrogens with zero attached hydrogens (tertiary/aromatic N) is 2. The zero-order chi connectivity index (χ0) is 18.6. The highest BCUT2D eigenvalue weighted by Crippen LogP contribution is 2.21. The minimum Gasteiger partial charge on any atom is -0.326 e. The van der Waals surface area contributed by atoms with Crippen LogP contribution in [0.4, 0.5) is 5.69 Å². The molecule has 3 rings (SSSR count). The summed E-state index contributed by atoms with van der Waals surface area (Å²) in [5, 5.41) is 7.92. The molecule has 1 fully saturated rings. The van der Waals surface area contributed by atoms with Crippen molar-refractivity contribution in [2.75, 3.05) is 18.4 Å². The molecular formula is C18H22N4O3S. The molecule has 0 aliphatic carbocycles. The van der Waals surface area contributed by atoms with Crippen LogP contribution in [0.15, 0.2) is 53.7 Å². The summed E-state index contributed by atoms with van der Waals surface area (Å²) in [5.41, 5.74) is 1.74. The Balaban J connectivity index is 1.50. The smallest absolute Gasteiger partial charge is 0.238 e. The monoisotopic (exact) mass is 374 g/mol. The van der Waals surface area contributed by atoms with E-state index in [1.165, 1.54) is 17.7 Å². The summed E-state index contributed by atoms with van der Waals surface area (Å²) in [7, 11) is -3.72. The number of pyridine rings is 1. The van der Waals surface area contributed by atoms with E-state index >= 15 is 0 Å². The maximum absolute atomic E-state index is 12.4. The second-order valence-corrected chi connectivity index (χ2v) is 8.03. The van der Waals surface area contributed by atoms with Gasteiger partial charge in [0.1, 0.15) is 0 Å². The first-order chi connectivity index (χ1) is 12.4. The van der Waals surface area contributed by atoms with Gasteiger partial charge in [-0.2, -0.15) is 0 Å². The van der Waals surface area contributed by atoms with Gasteiger partial charge in [0.25, 0.3) is 0 Å². The summed E-state index contributed by atoms with van der Waals surface area (Å²) in [6.45, 7) is 2.56. The first kappa shape index (κ1) is 18.5. The summed E-state index contributed by atoms with van der Waals surface area (Å²) in [6, 6.07) is 9.86. The first-order valence-corrected chi connectivity index (χ1v) is 10.0. The van der Waals surface area contributed by atoms with Gasteiger partial charge in [0, 0.05) is 30.5 Å². The Morgan fingerprint density at radius 3 is 2.46 bits per heavy atom. The summed E-state index contributed by atoms with van der Waals surface area (Å²) >= 11 is 0. The third kappa shape index (κ3) is 4.87. The molecule has 2 heterocycles. The number of carbonyl (C=O) groups excluding carboxylic acids is 1. The Kier molecular flexibility index (Phi) is 5.65. The molecule has 0 spiro atoms. The van der Waals surface area contributed by atoms with Crippen LogP contribution in [-0.2, 0) is 21.4 Å². The molecule has 0 unspecified atom stereocenters. The van der Waals surface area contributed by atoms with Gasteiger partial charge in [-0.3, -0.25) is 14.7 Å². The summed E-state index contributed by atoms with van der Waals surface area (Å²) in [4.78, 5) is 18.9. The van der Waals surface area contributed by atoms with Crippen LogP contribution in [0.1, 0.15) is 18.4 Å². The highest BCUT2D eigenvalue weighted by Gasteiger charge is 2.25. The molecule has 1 amide bonds. The second kappa shape index (κ2) is 7.94. The molecule has 0 radical (unpaired) electrons. The molecule has 1 aromatic heterocycles. The number of carbonyl (C=O) groups is 1. The number of primary sulfonamides is 1. The van der Waals surface area contributed by atoms with Crippen LogP contribution in [0, 0.1) is 5.92 Å². The Morgan fingerprint density at radius 2 is 1.88 bits per heavy atom. The predicted molar refractivity (Wildman–Crippen MR) is 98.7 cm³/mol. The van der Waals surface area contributed by atoms with E-state index in [4.69, 9.17) is 5.14 Å². The van der Waals surface area contributed by atoms with E-state index in [0.29, 0.717) is 5.69 Å². The van der Waals surface area contributed by atoms with Gasteiger partial charge in [-0.1, -0.05) is 6.07 Å². The molecule has 7 nitrogen and oxygen atoms in total. The largest absolute Gasteiger partial charge is 0.326 e. The maximum atomic E-state index is 12.4. The zero-order valence-electron chi connectivity index (χ0n) is 14.3. The van der Waals surface area contributed by atoms with Gasteiger partial charge in [0.15, 0.2) is 0 Å². The van der Waals surface area contributed by atoms with Crippen LogP contribution in [0.2, 0.25) is 0 Å². The standard InChI is InChI=1S/C18H22N4O3S/c19-26(24,25)17-5-3-16(4-6-17)21-18(23)15-7-10-22(11-8-15)13-14-2-1-9-20-12-14/h1-6,9,12,15H,7-8,10-11,13H2,(H,21,23)(H2,19,24,25). The Morgan fingerprint density at radius 1 is 1.19 bits per heavy atom. The summed E-state index contributed by atoms with van der Waals surface area (Å²) < 4.78 is 22.5. The molecule has 2 aromatic rings. The van der Waals surface area contributed by atoms with Crippen LogP contribution in [0.5, 0.6) is 0 Å². The Bertz CT molecular complexity index is 846. The SMILES string of the molecule is NS(=O)(=O)c1ccc(NC(=O)C2CCN(Cc3cccnc3)CC2)cc1. The highest BCUT2D eigenvalue weighted by atomic mass is 32.2. The van der Waals surface area contributed by atoms with Crippen LogP contribution in [0.25, 0.3) is 0 Å². The number of anilines is 1. The average Bonchev–Trinajstić information content (AvgIpc) is 2.63. The van der Waals surface area contributed by atoms with Crippen molar-refractivity contribution >= 4 is 21.6 Å². The third-order valence-electron chi connectivity index (χ3n) is 4.54. The second-order valence-electron chi connectivity index (χ2n) is 6.47. The Hall–Kier alpha value is -2.29. The molecule has 0 bridgehead atoms. The van der Waals surface area contributed by atoms with E-state index in [0.717, 1.165) is 32.5 Å². The molecule has 0 atom stereocenters. The van der Waals surface area contributed by atoms with E-state index < -0.39 is 10.0 Å². The van der Waals surface area contributed by atoms with Crippen LogP contribution >= 0.6 is 0 Å². The van der Waals surface area contributed by atoms with Gasteiger partial charge in [-0.15, -0.1) is 0 Å². The third-order valence-corrected chi connectivity index (χ3v) is 5.47. The van der Waals surface area contributed by atoms with Crippen molar-refractivity contribution in [2.45, 2.75) is 24.3 Å². The van der Waals surface area contributed by atoms with Crippen molar-refractivity contribution in [1.29, 1.82) is 0 Å². The molecule has 1 aliphatic heterocycles. The average molecular weight is 374 g/mol. The number of aromatic nitrogens is 1. The minimum atomic E-state index is -3.72. The molecule has 8 heteroatoms. The molecule has 3 N–H and O–H groups in total. The van der Waals surface area contributed by atoms with Crippen molar-refractivity contribution in [1.82, 2.24) is 9.88 Å². The van der Waals surface area contributed by atoms with E-state index in [1.54, 1.807) is 18.3 Å². The van der Waals surface area contributed by atoms with Gasteiger partial charge in [0.2, 0.25) is 15.9 Å². The van der Waals surface area contributed by atoms with Crippen LogP contribution in [-0.4, -0.2) is 37.3 Å². The molecule has 0 saturated carbocycles. The molecule has 26 heavy (non-hydrogen) atoms. The molecule has 1 aromatic carbocycles. The fraction of sp³-hybridized carbons (Fsp3) is 0.333. The lowest BCUT2D eigenvalue weighted by atomic mass is 9.95. The van der Waals surface area contributed by atoms with E-state index in [9.17, 15) is 13.2 Å². The van der Waals surface area contributed by atoms with Crippen LogP contribution < -0.4 is 10.5 Å². The predicted octanol–water partition coefficient (Wildman–Crippen LogP) is 1.58. The van der Waals surface area contributed by atoms with E-state index in [1.807, 2.05) is 12.3 Å². The summed E-state index contributed by atoms with van der Waals surface area (Å²) in [6.07, 6.45) is 5.21. The molecule has 138 valence electrons. The number of nitrogens with one attached hydrogen (secondary N) is 1. The molecule has 1 saturated heterocycles. The minimum absolute atomic E-state index is 0.0270. The number of sulfonamides is 1. The van der Waals surface area contributed by atoms with Crippen molar-refractivity contribution in [3.8, 4) is 0 Å². The number of nitrogens with two attached hydrogens (primary N) is 1. The topological polar surface area (TPSA) is 105 Å². The summed E-state index contributed by atoms with van der Waals surface area (Å²) in [5.74, 6) is -0.0764. The normalized spacial score (nSPS) is 16.3. The van der Waals surface area contributed by atoms with Crippen molar-refractivity contribution in [3.05, 3.63) is 54.4 Å². The number of likely N-dealkylation sites (tertiary alicyclic amines) is 1. The van der Waals surface area contributed by atoms with Gasteiger partial charge in [-0.25, -0.2) is 13.6 Å². The lowest BCUT2D eigenvalue weighted by molar-refractivity contribution is -0.121. The molecular weight excluding hydrogens is 352 g/mol. The highest BCUT2D eigenvalue weighted by molar-refractivity contribution is 7.89. The van der Waals surface area contributed by atoms with Gasteiger partial charge in [-0.05, 0) is 61.8 Å². The van der Waals surface area contributed by atoms with Gasteiger partial charge in [0.05, 0.1) is 4.90 Å². The number of rotatable bonds is 5. The maximum Gasteiger partial charge on any atom is 0.238 e. The number of benzene rings is 1. The zero-order valence-corrected chi connectivity index (χ0v) is 15.2. The van der Waals surface area contributed by atoms with E-state index in [2.05, 4.69) is 21.3 Å². The number of amides is 1. The Labute approximate surface area is 153 Å². The first-order valence-electron chi connectivity index (χ1n) is 8.47. The van der Waals surface area contributed by atoms with Crippen LogP contribution in [0.3, 0.4) is 0 Å². The lowest BCUT2D eigenvalue weighted by Crippen LogP contribution is -2.37.